The number of carbonyl (C=O) groups is 1. The van der Waals surface area contributed by atoms with Gasteiger partial charge in [0.1, 0.15) is 0 Å². The van der Waals surface area contributed by atoms with Gasteiger partial charge in [0, 0.05) is 18.2 Å². The van der Waals surface area contributed by atoms with Crippen LogP contribution in [0.1, 0.15) is 38.7 Å². The van der Waals surface area contributed by atoms with E-state index < -0.39 is 25.1 Å². The number of hydrogen-bond donors (Lipinski definition) is 0. The van der Waals surface area contributed by atoms with Gasteiger partial charge in [-0.05, 0) is 24.6 Å². The third-order valence-corrected chi connectivity index (χ3v) is 9.21. The molecule has 0 saturated heterocycles. The van der Waals surface area contributed by atoms with E-state index in [-0.39, 0.29) is 10.7 Å². The molecule has 0 aliphatic rings. The second-order valence-corrected chi connectivity index (χ2v) is 12.1. The summed E-state index contributed by atoms with van der Waals surface area (Å²) in [6.07, 6.45) is 0.351. The van der Waals surface area contributed by atoms with Crippen LogP contribution in [0.3, 0.4) is 0 Å². The molecule has 1 unspecified atom stereocenters. The van der Waals surface area contributed by atoms with Crippen molar-refractivity contribution in [2.45, 2.75) is 51.2 Å². The van der Waals surface area contributed by atoms with Crippen LogP contribution in [0.25, 0.3) is 0 Å². The molecule has 1 aromatic carbocycles. The summed E-state index contributed by atoms with van der Waals surface area (Å²) >= 11 is 0. The average molecular weight is 353 g/mol. The van der Waals surface area contributed by atoms with E-state index in [0.29, 0.717) is 18.6 Å². The monoisotopic (exact) mass is 353 g/mol. The van der Waals surface area contributed by atoms with Crippen LogP contribution in [0.2, 0.25) is 18.1 Å². The second kappa shape index (κ2) is 7.89. The van der Waals surface area contributed by atoms with Gasteiger partial charge < -0.3 is 9.16 Å². The summed E-state index contributed by atoms with van der Waals surface area (Å²) in [5.74, 6) is -1.19. The smallest absolute Gasteiger partial charge is 0.313 e. The lowest BCUT2D eigenvalue weighted by Crippen LogP contribution is -2.41. The maximum Gasteiger partial charge on any atom is 0.313 e. The Hall–Kier alpha value is -1.73. The molecule has 0 bridgehead atoms. The zero-order chi connectivity index (χ0) is 18.5. The standard InChI is InChI=1S/C17H27NO5Si/c1-17(2,3)24(5,6)23-12-11-14(16(19)22-4)13-9-7-8-10-15(13)18(20)21/h7-10,14H,11-12H2,1-6H3. The maximum absolute atomic E-state index is 12.2. The van der Waals surface area contributed by atoms with Crippen molar-refractivity contribution in [1.82, 2.24) is 0 Å². The summed E-state index contributed by atoms with van der Waals surface area (Å²) in [4.78, 5) is 22.9. The van der Waals surface area contributed by atoms with Crippen LogP contribution in [0, 0.1) is 10.1 Å². The summed E-state index contributed by atoms with van der Waals surface area (Å²) in [5, 5.41) is 11.3. The van der Waals surface area contributed by atoms with Gasteiger partial charge >= 0.3 is 5.97 Å². The van der Waals surface area contributed by atoms with Gasteiger partial charge in [-0.3, -0.25) is 14.9 Å². The van der Waals surface area contributed by atoms with E-state index in [1.54, 1.807) is 18.2 Å². The number of ether oxygens (including phenoxy) is 1. The highest BCUT2D eigenvalue weighted by molar-refractivity contribution is 6.74. The minimum Gasteiger partial charge on any atom is -0.469 e. The first-order valence-electron chi connectivity index (χ1n) is 7.96. The van der Waals surface area contributed by atoms with Crippen molar-refractivity contribution in [1.29, 1.82) is 0 Å². The summed E-state index contributed by atoms with van der Waals surface area (Å²) in [7, 11) is -0.649. The molecule has 1 rings (SSSR count). The molecule has 1 atom stereocenters. The molecule has 24 heavy (non-hydrogen) atoms. The lowest BCUT2D eigenvalue weighted by molar-refractivity contribution is -0.385. The Labute approximate surface area is 144 Å². The zero-order valence-corrected chi connectivity index (χ0v) is 16.3. The van der Waals surface area contributed by atoms with Crippen LogP contribution < -0.4 is 0 Å². The number of para-hydroxylation sites is 1. The largest absolute Gasteiger partial charge is 0.469 e. The van der Waals surface area contributed by atoms with E-state index in [4.69, 9.17) is 9.16 Å². The molecule has 0 aliphatic carbocycles. The number of hydrogen-bond acceptors (Lipinski definition) is 5. The Bertz CT molecular complexity index is 595. The molecule has 134 valence electrons. The van der Waals surface area contributed by atoms with Gasteiger partial charge in [0.2, 0.25) is 0 Å². The van der Waals surface area contributed by atoms with E-state index in [2.05, 4.69) is 33.9 Å². The fraction of sp³-hybridized carbons (Fsp3) is 0.588. The lowest BCUT2D eigenvalue weighted by atomic mass is 9.94. The van der Waals surface area contributed by atoms with Crippen LogP contribution in [0.5, 0.6) is 0 Å². The summed E-state index contributed by atoms with van der Waals surface area (Å²) in [6, 6.07) is 6.28. The van der Waals surface area contributed by atoms with Crippen molar-refractivity contribution >= 4 is 20.0 Å². The number of methoxy groups -OCH3 is 1. The molecule has 0 fully saturated rings. The summed E-state index contributed by atoms with van der Waals surface area (Å²) < 4.78 is 10.9. The van der Waals surface area contributed by atoms with Crippen molar-refractivity contribution < 1.29 is 18.9 Å². The van der Waals surface area contributed by atoms with Crippen LogP contribution in [-0.4, -0.2) is 32.9 Å². The number of rotatable bonds is 7. The summed E-state index contributed by atoms with van der Waals surface area (Å²) in [5.41, 5.74) is 0.299. The zero-order valence-electron chi connectivity index (χ0n) is 15.3. The molecule has 0 saturated carbocycles. The molecule has 0 spiro atoms. The lowest BCUT2D eigenvalue weighted by Gasteiger charge is -2.36. The van der Waals surface area contributed by atoms with Crippen molar-refractivity contribution in [3.8, 4) is 0 Å². The molecule has 0 radical (unpaired) electrons. The predicted octanol–water partition coefficient (Wildman–Crippen LogP) is 4.26. The minimum atomic E-state index is -1.94. The maximum atomic E-state index is 12.2. The molecular formula is C17H27NO5Si. The van der Waals surface area contributed by atoms with Gasteiger partial charge in [-0.2, -0.15) is 0 Å². The van der Waals surface area contributed by atoms with Crippen molar-refractivity contribution in [3.63, 3.8) is 0 Å². The fourth-order valence-corrected chi connectivity index (χ4v) is 3.20. The van der Waals surface area contributed by atoms with Crippen LogP contribution in [0.4, 0.5) is 5.69 Å². The topological polar surface area (TPSA) is 78.7 Å². The molecule has 0 aliphatic heterocycles. The molecule has 0 N–H and O–H groups in total. The Balaban J connectivity index is 2.97. The number of nitrogens with zero attached hydrogens (tertiary/aromatic N) is 1. The molecule has 6 nitrogen and oxygen atoms in total. The Kier molecular flexibility index (Phi) is 6.68. The third-order valence-electron chi connectivity index (χ3n) is 4.67. The van der Waals surface area contributed by atoms with Gasteiger partial charge in [-0.15, -0.1) is 0 Å². The van der Waals surface area contributed by atoms with Gasteiger partial charge in [0.25, 0.3) is 5.69 Å². The van der Waals surface area contributed by atoms with Crippen molar-refractivity contribution in [2.75, 3.05) is 13.7 Å². The van der Waals surface area contributed by atoms with E-state index in [0.717, 1.165) is 0 Å². The molecule has 7 heteroatoms. The van der Waals surface area contributed by atoms with Crippen molar-refractivity contribution in [3.05, 3.63) is 39.9 Å². The number of nitro benzene ring substituents is 1. The van der Waals surface area contributed by atoms with E-state index >= 15 is 0 Å². The first kappa shape index (κ1) is 20.3. The first-order valence-corrected chi connectivity index (χ1v) is 10.9. The van der Waals surface area contributed by atoms with Gasteiger partial charge in [-0.1, -0.05) is 39.0 Å². The Morgan fingerprint density at radius 1 is 1.29 bits per heavy atom. The van der Waals surface area contributed by atoms with E-state index in [9.17, 15) is 14.9 Å². The van der Waals surface area contributed by atoms with Crippen LogP contribution >= 0.6 is 0 Å². The highest BCUT2D eigenvalue weighted by atomic mass is 28.4. The van der Waals surface area contributed by atoms with Gasteiger partial charge in [0.15, 0.2) is 8.32 Å². The minimum absolute atomic E-state index is 0.0620. The second-order valence-electron chi connectivity index (χ2n) is 7.29. The van der Waals surface area contributed by atoms with Gasteiger partial charge in [-0.25, -0.2) is 0 Å². The predicted molar refractivity (Wildman–Crippen MR) is 95.6 cm³/mol. The highest BCUT2D eigenvalue weighted by Gasteiger charge is 2.37. The third kappa shape index (κ3) is 4.88. The average Bonchev–Trinajstić information content (AvgIpc) is 2.49. The van der Waals surface area contributed by atoms with Crippen LogP contribution in [0.15, 0.2) is 24.3 Å². The normalized spacial score (nSPS) is 13.4. The first-order chi connectivity index (χ1) is 11.0. The van der Waals surface area contributed by atoms with Gasteiger partial charge in [0.05, 0.1) is 18.0 Å². The molecule has 1 aromatic rings. The Morgan fingerprint density at radius 2 is 1.88 bits per heavy atom. The molecule has 0 heterocycles. The number of esters is 1. The molecular weight excluding hydrogens is 326 g/mol. The SMILES string of the molecule is COC(=O)C(CCO[Si](C)(C)C(C)(C)C)c1ccccc1[N+](=O)[O-]. The quantitative estimate of drug-likeness (QED) is 0.317. The van der Waals surface area contributed by atoms with Crippen LogP contribution in [-0.2, 0) is 14.0 Å². The summed E-state index contributed by atoms with van der Waals surface area (Å²) in [6.45, 7) is 11.0. The number of benzene rings is 1. The number of carbonyl (C=O) groups excluding carboxylic acids is 1. The molecule has 0 aromatic heterocycles. The Morgan fingerprint density at radius 3 is 2.38 bits per heavy atom. The highest BCUT2D eigenvalue weighted by Crippen LogP contribution is 2.37. The number of nitro groups is 1. The molecule has 0 amide bonds. The fourth-order valence-electron chi connectivity index (χ4n) is 2.14. The van der Waals surface area contributed by atoms with E-state index in [1.807, 2.05) is 0 Å². The van der Waals surface area contributed by atoms with Crippen molar-refractivity contribution in [2.24, 2.45) is 0 Å². The van der Waals surface area contributed by atoms with E-state index in [1.165, 1.54) is 13.2 Å².